The lowest BCUT2D eigenvalue weighted by Gasteiger charge is -2.25. The Morgan fingerprint density at radius 1 is 0.914 bits per heavy atom. The summed E-state index contributed by atoms with van der Waals surface area (Å²) in [5.74, 6) is 0.0586. The summed E-state index contributed by atoms with van der Waals surface area (Å²) >= 11 is 6.09. The first-order valence-electron chi connectivity index (χ1n) is 10.9. The van der Waals surface area contributed by atoms with Crippen LogP contribution in [0.3, 0.4) is 0 Å². The monoisotopic (exact) mass is 493 g/mol. The first kappa shape index (κ1) is 24.2. The maximum atomic E-state index is 13.1. The minimum atomic E-state index is -0.830. The maximum Gasteiger partial charge on any atom is 0.295 e. The number of aliphatic hydroxyl groups excluding tert-OH is 1. The van der Waals surface area contributed by atoms with Crippen molar-refractivity contribution in [3.05, 3.63) is 94.5 Å². The molecule has 1 atom stereocenters. The maximum absolute atomic E-state index is 13.1. The molecule has 0 spiro atoms. The van der Waals surface area contributed by atoms with Gasteiger partial charge in [-0.2, -0.15) is 0 Å². The molecule has 1 aliphatic heterocycles. The normalized spacial score (nSPS) is 16.9. The van der Waals surface area contributed by atoms with E-state index in [-0.39, 0.29) is 24.5 Å². The van der Waals surface area contributed by atoms with Gasteiger partial charge in [-0.05, 0) is 54.1 Å². The van der Waals surface area contributed by atoms with Gasteiger partial charge in [0.2, 0.25) is 0 Å². The lowest BCUT2D eigenvalue weighted by Crippen LogP contribution is -2.33. The summed E-state index contributed by atoms with van der Waals surface area (Å²) in [6, 6.07) is 19.8. The van der Waals surface area contributed by atoms with Crippen LogP contribution < -0.4 is 14.2 Å². The average molecular weight is 494 g/mol. The number of carbonyl (C=O) groups excluding carboxylic acids is 2. The van der Waals surface area contributed by atoms with Crippen LogP contribution in [0.25, 0.3) is 5.76 Å². The van der Waals surface area contributed by atoms with Crippen molar-refractivity contribution in [2.75, 3.05) is 27.4 Å². The van der Waals surface area contributed by atoms with Gasteiger partial charge in [0.15, 0.2) is 0 Å². The number of hydrogen-bond donors (Lipinski definition) is 1. The molecule has 4 rings (SSSR count). The Hall–Kier alpha value is -3.97. The SMILES string of the molecule is COc1ccc(OCCN2C(=O)C(=O)/C(=C(\O)c3cccc(Cl)c3)C2c2cccc(OC)c2)cc1. The van der Waals surface area contributed by atoms with E-state index in [4.69, 9.17) is 25.8 Å². The Labute approximate surface area is 208 Å². The summed E-state index contributed by atoms with van der Waals surface area (Å²) in [4.78, 5) is 27.6. The highest BCUT2D eigenvalue weighted by Crippen LogP contribution is 2.40. The summed E-state index contributed by atoms with van der Waals surface area (Å²) in [6.07, 6.45) is 0. The number of halogens is 1. The van der Waals surface area contributed by atoms with Crippen LogP contribution in [0.1, 0.15) is 17.2 Å². The van der Waals surface area contributed by atoms with E-state index in [0.717, 1.165) is 0 Å². The van der Waals surface area contributed by atoms with Crippen LogP contribution in [0, 0.1) is 0 Å². The quantitative estimate of drug-likeness (QED) is 0.274. The third kappa shape index (κ3) is 5.10. The molecule has 0 radical (unpaired) electrons. The molecule has 0 saturated carbocycles. The number of nitrogens with zero attached hydrogens (tertiary/aromatic N) is 1. The van der Waals surface area contributed by atoms with Crippen LogP contribution in [-0.2, 0) is 9.59 Å². The van der Waals surface area contributed by atoms with Crippen molar-refractivity contribution in [1.29, 1.82) is 0 Å². The molecule has 1 heterocycles. The molecule has 0 aromatic heterocycles. The van der Waals surface area contributed by atoms with Crippen LogP contribution in [-0.4, -0.2) is 49.1 Å². The molecule has 1 aliphatic rings. The van der Waals surface area contributed by atoms with Gasteiger partial charge in [-0.25, -0.2) is 0 Å². The zero-order chi connectivity index (χ0) is 24.9. The van der Waals surface area contributed by atoms with Crippen molar-refractivity contribution in [2.45, 2.75) is 6.04 Å². The Morgan fingerprint density at radius 2 is 1.60 bits per heavy atom. The standard InChI is InChI=1S/C27H24ClNO6/c1-33-20-9-11-21(12-10-20)35-14-13-29-24(17-5-4-8-22(16-17)34-2)23(26(31)27(29)32)25(30)18-6-3-7-19(28)15-18/h3-12,15-16,24,30H,13-14H2,1-2H3/b25-23-. The van der Waals surface area contributed by atoms with E-state index in [9.17, 15) is 14.7 Å². The van der Waals surface area contributed by atoms with E-state index in [1.807, 2.05) is 0 Å². The second-order valence-corrected chi connectivity index (χ2v) is 8.24. The fourth-order valence-corrected chi connectivity index (χ4v) is 4.18. The molecule has 7 nitrogen and oxygen atoms in total. The van der Waals surface area contributed by atoms with Gasteiger partial charge in [-0.1, -0.05) is 35.9 Å². The molecule has 1 fully saturated rings. The van der Waals surface area contributed by atoms with Crippen molar-refractivity contribution in [3.8, 4) is 17.2 Å². The fraction of sp³-hybridized carbons (Fsp3) is 0.185. The van der Waals surface area contributed by atoms with E-state index in [0.29, 0.717) is 33.4 Å². The summed E-state index contributed by atoms with van der Waals surface area (Å²) in [7, 11) is 3.11. The number of carbonyl (C=O) groups is 2. The molecule has 0 aliphatic carbocycles. The molecule has 180 valence electrons. The van der Waals surface area contributed by atoms with Crippen molar-refractivity contribution in [2.24, 2.45) is 0 Å². The van der Waals surface area contributed by atoms with Crippen LogP contribution in [0.2, 0.25) is 5.02 Å². The number of Topliss-reactive ketones (excluding diaryl/α,β-unsaturated/α-hetero) is 1. The lowest BCUT2D eigenvalue weighted by atomic mass is 9.95. The number of benzene rings is 3. The number of ether oxygens (including phenoxy) is 3. The second kappa shape index (κ2) is 10.5. The van der Waals surface area contributed by atoms with Crippen molar-refractivity contribution in [3.63, 3.8) is 0 Å². The van der Waals surface area contributed by atoms with Crippen molar-refractivity contribution >= 4 is 29.1 Å². The Bertz CT molecular complexity index is 1270. The molecule has 1 saturated heterocycles. The summed E-state index contributed by atoms with van der Waals surface area (Å²) in [5, 5.41) is 11.5. The Morgan fingerprint density at radius 3 is 2.29 bits per heavy atom. The summed E-state index contributed by atoms with van der Waals surface area (Å²) in [5.41, 5.74) is 0.949. The van der Waals surface area contributed by atoms with Gasteiger partial charge in [-0.3, -0.25) is 9.59 Å². The van der Waals surface area contributed by atoms with Crippen LogP contribution >= 0.6 is 11.6 Å². The van der Waals surface area contributed by atoms with E-state index in [2.05, 4.69) is 0 Å². The highest BCUT2D eigenvalue weighted by Gasteiger charge is 2.46. The first-order valence-corrected chi connectivity index (χ1v) is 11.3. The number of methoxy groups -OCH3 is 2. The van der Waals surface area contributed by atoms with E-state index >= 15 is 0 Å². The van der Waals surface area contributed by atoms with Gasteiger partial charge < -0.3 is 24.2 Å². The van der Waals surface area contributed by atoms with E-state index in [1.165, 1.54) is 12.0 Å². The molecule has 3 aromatic carbocycles. The predicted octanol–water partition coefficient (Wildman–Crippen LogP) is 4.86. The van der Waals surface area contributed by atoms with Crippen LogP contribution in [0.5, 0.6) is 17.2 Å². The molecule has 1 amide bonds. The molecule has 35 heavy (non-hydrogen) atoms. The van der Waals surface area contributed by atoms with Crippen LogP contribution in [0.4, 0.5) is 0 Å². The lowest BCUT2D eigenvalue weighted by molar-refractivity contribution is -0.140. The average Bonchev–Trinajstić information content (AvgIpc) is 3.13. The molecule has 1 N–H and O–H groups in total. The van der Waals surface area contributed by atoms with Gasteiger partial charge in [0.25, 0.3) is 11.7 Å². The minimum absolute atomic E-state index is 0.0185. The van der Waals surface area contributed by atoms with Crippen molar-refractivity contribution < 1.29 is 28.9 Å². The van der Waals surface area contributed by atoms with Gasteiger partial charge >= 0.3 is 0 Å². The third-order valence-electron chi connectivity index (χ3n) is 5.71. The zero-order valence-corrected chi connectivity index (χ0v) is 20.0. The zero-order valence-electron chi connectivity index (χ0n) is 19.2. The molecule has 3 aromatic rings. The Balaban J connectivity index is 1.69. The smallest absolute Gasteiger partial charge is 0.295 e. The molecule has 1 unspecified atom stereocenters. The van der Waals surface area contributed by atoms with E-state index < -0.39 is 17.7 Å². The van der Waals surface area contributed by atoms with Gasteiger partial charge in [0.1, 0.15) is 29.6 Å². The highest BCUT2D eigenvalue weighted by atomic mass is 35.5. The first-order chi connectivity index (χ1) is 16.9. The molecule has 8 heteroatoms. The topological polar surface area (TPSA) is 85.3 Å². The third-order valence-corrected chi connectivity index (χ3v) is 5.94. The Kier molecular flexibility index (Phi) is 7.27. The highest BCUT2D eigenvalue weighted by molar-refractivity contribution is 6.46. The largest absolute Gasteiger partial charge is 0.507 e. The predicted molar refractivity (Wildman–Crippen MR) is 132 cm³/mol. The number of hydrogen-bond acceptors (Lipinski definition) is 6. The van der Waals surface area contributed by atoms with Crippen LogP contribution in [0.15, 0.2) is 78.4 Å². The minimum Gasteiger partial charge on any atom is -0.507 e. The van der Waals surface area contributed by atoms with Gasteiger partial charge in [-0.15, -0.1) is 0 Å². The number of likely N-dealkylation sites (tertiary alicyclic amines) is 1. The fourth-order valence-electron chi connectivity index (χ4n) is 3.99. The number of ketones is 1. The number of rotatable bonds is 8. The summed E-state index contributed by atoms with van der Waals surface area (Å²) in [6.45, 7) is 0.252. The summed E-state index contributed by atoms with van der Waals surface area (Å²) < 4.78 is 16.3. The molecule has 0 bridgehead atoms. The van der Waals surface area contributed by atoms with Crippen molar-refractivity contribution in [1.82, 2.24) is 4.90 Å². The number of aliphatic hydroxyl groups is 1. The van der Waals surface area contributed by atoms with Gasteiger partial charge in [0, 0.05) is 10.6 Å². The molecular weight excluding hydrogens is 470 g/mol. The molecular formula is C27H24ClNO6. The number of amides is 1. The van der Waals surface area contributed by atoms with Gasteiger partial charge in [0.05, 0.1) is 32.4 Å². The second-order valence-electron chi connectivity index (χ2n) is 7.80. The van der Waals surface area contributed by atoms with E-state index in [1.54, 1.807) is 79.9 Å².